The molecule has 17 heavy (non-hydrogen) atoms. The Labute approximate surface area is 112 Å². The molecule has 4 nitrogen and oxygen atoms in total. The molecule has 2 amide bonds. The van der Waals surface area contributed by atoms with E-state index in [1.54, 1.807) is 0 Å². The molecule has 0 saturated heterocycles. The standard InChI is InChI=1S/C11H20Cl2N2O2/c1-3-11(4-2,9(16)14-7-5-12)10(17)15-8-6-13/h3-8H2,1-2H3,(H,14,16)(H,15,17). The van der Waals surface area contributed by atoms with Crippen LogP contribution < -0.4 is 10.6 Å². The highest BCUT2D eigenvalue weighted by Crippen LogP contribution is 2.27. The molecule has 0 unspecified atom stereocenters. The van der Waals surface area contributed by atoms with Crippen molar-refractivity contribution in [2.24, 2.45) is 5.41 Å². The maximum Gasteiger partial charge on any atom is 0.235 e. The van der Waals surface area contributed by atoms with Crippen molar-refractivity contribution in [2.75, 3.05) is 24.8 Å². The second-order valence-corrected chi connectivity index (χ2v) is 4.43. The zero-order valence-corrected chi connectivity index (χ0v) is 11.8. The van der Waals surface area contributed by atoms with E-state index >= 15 is 0 Å². The van der Waals surface area contributed by atoms with E-state index in [-0.39, 0.29) is 11.8 Å². The van der Waals surface area contributed by atoms with Crippen LogP contribution in [0.25, 0.3) is 0 Å². The number of alkyl halides is 2. The molecule has 0 aromatic carbocycles. The fraction of sp³-hybridized carbons (Fsp3) is 0.818. The Morgan fingerprint density at radius 2 is 1.29 bits per heavy atom. The summed E-state index contributed by atoms with van der Waals surface area (Å²) in [5.74, 6) is 0.127. The fourth-order valence-electron chi connectivity index (χ4n) is 1.66. The first-order chi connectivity index (χ1) is 8.08. The van der Waals surface area contributed by atoms with Gasteiger partial charge in [-0.15, -0.1) is 23.2 Å². The molecule has 2 N–H and O–H groups in total. The van der Waals surface area contributed by atoms with Crippen molar-refractivity contribution in [3.05, 3.63) is 0 Å². The molecule has 0 radical (unpaired) electrons. The van der Waals surface area contributed by atoms with Gasteiger partial charge in [0, 0.05) is 24.8 Å². The molecule has 0 aliphatic carbocycles. The molecule has 0 fully saturated rings. The lowest BCUT2D eigenvalue weighted by atomic mass is 9.80. The van der Waals surface area contributed by atoms with Crippen molar-refractivity contribution < 1.29 is 9.59 Å². The molecule has 100 valence electrons. The van der Waals surface area contributed by atoms with Crippen molar-refractivity contribution in [2.45, 2.75) is 26.7 Å². The highest BCUT2D eigenvalue weighted by atomic mass is 35.5. The van der Waals surface area contributed by atoms with Gasteiger partial charge in [0.1, 0.15) is 5.41 Å². The van der Waals surface area contributed by atoms with Crippen molar-refractivity contribution >= 4 is 35.0 Å². The van der Waals surface area contributed by atoms with Crippen LogP contribution in [-0.2, 0) is 9.59 Å². The first kappa shape index (κ1) is 16.5. The highest BCUT2D eigenvalue weighted by Gasteiger charge is 2.42. The molecule has 0 heterocycles. The van der Waals surface area contributed by atoms with Gasteiger partial charge in [-0.3, -0.25) is 9.59 Å². The van der Waals surface area contributed by atoms with Crippen molar-refractivity contribution in [3.63, 3.8) is 0 Å². The molecule has 0 spiro atoms. The quantitative estimate of drug-likeness (QED) is 0.524. The molecule has 0 aliphatic rings. The number of amides is 2. The number of carbonyl (C=O) groups is 2. The van der Waals surface area contributed by atoms with Crippen LogP contribution in [0.3, 0.4) is 0 Å². The summed E-state index contributed by atoms with van der Waals surface area (Å²) in [6.07, 6.45) is 0.900. The van der Waals surface area contributed by atoms with Crippen molar-refractivity contribution in [3.8, 4) is 0 Å². The molecule has 0 aromatic rings. The summed E-state index contributed by atoms with van der Waals surface area (Å²) in [6, 6.07) is 0. The van der Waals surface area contributed by atoms with Crippen molar-refractivity contribution in [1.82, 2.24) is 10.6 Å². The normalized spacial score (nSPS) is 11.1. The van der Waals surface area contributed by atoms with Crippen molar-refractivity contribution in [1.29, 1.82) is 0 Å². The average Bonchev–Trinajstić information content (AvgIpc) is 2.35. The lowest BCUT2D eigenvalue weighted by Gasteiger charge is -2.28. The Kier molecular flexibility index (Phi) is 8.35. The van der Waals surface area contributed by atoms with Crippen LogP contribution in [0, 0.1) is 5.41 Å². The van der Waals surface area contributed by atoms with Crippen LogP contribution in [0.4, 0.5) is 0 Å². The van der Waals surface area contributed by atoms with E-state index in [1.807, 2.05) is 13.8 Å². The molecule has 0 aromatic heterocycles. The van der Waals surface area contributed by atoms with Crippen LogP contribution in [0.15, 0.2) is 0 Å². The topological polar surface area (TPSA) is 58.2 Å². The molecule has 0 atom stereocenters. The third kappa shape index (κ3) is 4.36. The van der Waals surface area contributed by atoms with Gasteiger partial charge >= 0.3 is 0 Å². The van der Waals surface area contributed by atoms with Gasteiger partial charge in [0.15, 0.2) is 0 Å². The van der Waals surface area contributed by atoms with Gasteiger partial charge in [-0.05, 0) is 12.8 Å². The number of hydrogen-bond donors (Lipinski definition) is 2. The summed E-state index contributed by atoms with van der Waals surface area (Å²) in [4.78, 5) is 24.1. The second-order valence-electron chi connectivity index (χ2n) is 3.68. The Morgan fingerprint density at radius 1 is 0.941 bits per heavy atom. The first-order valence-electron chi connectivity index (χ1n) is 5.77. The Balaban J connectivity index is 4.75. The van der Waals surface area contributed by atoms with Crippen LogP contribution in [-0.4, -0.2) is 36.7 Å². The molecule has 0 saturated carbocycles. The summed E-state index contributed by atoms with van der Waals surface area (Å²) < 4.78 is 0. The third-order valence-corrected chi connectivity index (χ3v) is 3.21. The summed E-state index contributed by atoms with van der Waals surface area (Å²) in [7, 11) is 0. The van der Waals surface area contributed by atoms with Gasteiger partial charge in [0.2, 0.25) is 11.8 Å². The molecular formula is C11H20Cl2N2O2. The summed E-state index contributed by atoms with van der Waals surface area (Å²) in [5.41, 5.74) is -1.02. The second kappa shape index (κ2) is 8.59. The zero-order chi connectivity index (χ0) is 13.3. The van der Waals surface area contributed by atoms with Gasteiger partial charge in [-0.25, -0.2) is 0 Å². The smallest absolute Gasteiger partial charge is 0.235 e. The van der Waals surface area contributed by atoms with Crippen LogP contribution in [0.1, 0.15) is 26.7 Å². The first-order valence-corrected chi connectivity index (χ1v) is 6.84. The maximum absolute atomic E-state index is 12.0. The minimum absolute atomic E-state index is 0.268. The van der Waals surface area contributed by atoms with Gasteiger partial charge in [0.25, 0.3) is 0 Å². The third-order valence-electron chi connectivity index (χ3n) is 2.84. The van der Waals surface area contributed by atoms with Gasteiger partial charge in [0.05, 0.1) is 0 Å². The minimum Gasteiger partial charge on any atom is -0.354 e. The monoisotopic (exact) mass is 282 g/mol. The predicted molar refractivity (Wildman–Crippen MR) is 70.5 cm³/mol. The van der Waals surface area contributed by atoms with E-state index in [4.69, 9.17) is 23.2 Å². The van der Waals surface area contributed by atoms with Crippen LogP contribution in [0.2, 0.25) is 0 Å². The van der Waals surface area contributed by atoms with E-state index in [0.29, 0.717) is 37.7 Å². The average molecular weight is 283 g/mol. The lowest BCUT2D eigenvalue weighted by molar-refractivity contribution is -0.144. The maximum atomic E-state index is 12.0. The zero-order valence-electron chi connectivity index (χ0n) is 10.3. The van der Waals surface area contributed by atoms with Gasteiger partial charge in [-0.2, -0.15) is 0 Å². The van der Waals surface area contributed by atoms with Crippen LogP contribution >= 0.6 is 23.2 Å². The van der Waals surface area contributed by atoms with E-state index in [2.05, 4.69) is 10.6 Å². The Bertz CT molecular complexity index is 234. The van der Waals surface area contributed by atoms with Gasteiger partial charge < -0.3 is 10.6 Å². The molecule has 0 rings (SSSR count). The summed E-state index contributed by atoms with van der Waals surface area (Å²) >= 11 is 11.0. The number of rotatable bonds is 8. The molecule has 6 heteroatoms. The van der Waals surface area contributed by atoms with E-state index in [0.717, 1.165) is 0 Å². The van der Waals surface area contributed by atoms with Crippen LogP contribution in [0.5, 0.6) is 0 Å². The fourth-order valence-corrected chi connectivity index (χ4v) is 1.84. The molecular weight excluding hydrogens is 263 g/mol. The number of nitrogens with one attached hydrogen (secondary N) is 2. The summed E-state index contributed by atoms with van der Waals surface area (Å²) in [5, 5.41) is 5.34. The van der Waals surface area contributed by atoms with E-state index < -0.39 is 5.41 Å². The SMILES string of the molecule is CCC(CC)(C(=O)NCCCl)C(=O)NCCCl. The van der Waals surface area contributed by atoms with Gasteiger partial charge in [-0.1, -0.05) is 13.8 Å². The van der Waals surface area contributed by atoms with E-state index in [9.17, 15) is 9.59 Å². The largest absolute Gasteiger partial charge is 0.354 e. The molecule has 0 aliphatic heterocycles. The number of hydrogen-bond acceptors (Lipinski definition) is 2. The summed E-state index contributed by atoms with van der Waals surface area (Å²) in [6.45, 7) is 4.38. The molecule has 0 bridgehead atoms. The number of carbonyl (C=O) groups excluding carboxylic acids is 2. The highest BCUT2D eigenvalue weighted by molar-refractivity contribution is 6.18. The predicted octanol–water partition coefficient (Wildman–Crippen LogP) is 1.50. The Hall–Kier alpha value is -0.480. The lowest BCUT2D eigenvalue weighted by Crippen LogP contribution is -2.51. The minimum atomic E-state index is -1.02. The Morgan fingerprint density at radius 3 is 1.53 bits per heavy atom. The number of halogens is 2. The van der Waals surface area contributed by atoms with E-state index in [1.165, 1.54) is 0 Å².